The first-order valence-electron chi connectivity index (χ1n) is 3.76. The third kappa shape index (κ3) is 1.93. The van der Waals surface area contributed by atoms with Crippen LogP contribution in [0.5, 0.6) is 0 Å². The molecule has 0 aliphatic carbocycles. The Balaban J connectivity index is 3.15. The SMILES string of the molecule is NCC(N)c1cc(F)c(F)cc1N. The lowest BCUT2D eigenvalue weighted by Crippen LogP contribution is -2.22. The van der Waals surface area contributed by atoms with Crippen LogP contribution in [0.3, 0.4) is 0 Å². The highest BCUT2D eigenvalue weighted by molar-refractivity contribution is 5.49. The summed E-state index contributed by atoms with van der Waals surface area (Å²) in [4.78, 5) is 0. The molecule has 0 saturated carbocycles. The molecule has 1 aromatic carbocycles. The van der Waals surface area contributed by atoms with Crippen molar-refractivity contribution < 1.29 is 8.78 Å². The molecule has 0 spiro atoms. The topological polar surface area (TPSA) is 78.1 Å². The second kappa shape index (κ2) is 3.68. The normalized spacial score (nSPS) is 12.9. The minimum absolute atomic E-state index is 0.122. The minimum atomic E-state index is -0.981. The summed E-state index contributed by atoms with van der Waals surface area (Å²) >= 11 is 0. The van der Waals surface area contributed by atoms with Crippen LogP contribution in [-0.2, 0) is 0 Å². The van der Waals surface area contributed by atoms with Crippen molar-refractivity contribution in [3.8, 4) is 0 Å². The summed E-state index contributed by atoms with van der Waals surface area (Å²) in [5.74, 6) is -1.95. The number of anilines is 1. The number of benzene rings is 1. The fourth-order valence-corrected chi connectivity index (χ4v) is 1.03. The molecule has 1 aromatic rings. The van der Waals surface area contributed by atoms with Gasteiger partial charge in [-0.25, -0.2) is 8.78 Å². The van der Waals surface area contributed by atoms with Crippen molar-refractivity contribution >= 4 is 5.69 Å². The summed E-state index contributed by atoms with van der Waals surface area (Å²) in [6.07, 6.45) is 0. The second-order valence-corrected chi connectivity index (χ2v) is 2.74. The summed E-state index contributed by atoms with van der Waals surface area (Å²) in [5.41, 5.74) is 16.7. The highest BCUT2D eigenvalue weighted by atomic mass is 19.2. The largest absolute Gasteiger partial charge is 0.398 e. The van der Waals surface area contributed by atoms with Gasteiger partial charge in [-0.3, -0.25) is 0 Å². The van der Waals surface area contributed by atoms with E-state index >= 15 is 0 Å². The summed E-state index contributed by atoms with van der Waals surface area (Å²) < 4.78 is 25.3. The minimum Gasteiger partial charge on any atom is -0.398 e. The molecular formula is C8H11F2N3. The van der Waals surface area contributed by atoms with Gasteiger partial charge in [0.1, 0.15) is 0 Å². The Labute approximate surface area is 74.5 Å². The van der Waals surface area contributed by atoms with E-state index in [1.807, 2.05) is 0 Å². The van der Waals surface area contributed by atoms with E-state index in [1.54, 1.807) is 0 Å². The first kappa shape index (κ1) is 9.88. The van der Waals surface area contributed by atoms with Gasteiger partial charge >= 0.3 is 0 Å². The maximum atomic E-state index is 12.7. The van der Waals surface area contributed by atoms with E-state index in [0.29, 0.717) is 5.56 Å². The van der Waals surface area contributed by atoms with E-state index in [-0.39, 0.29) is 12.2 Å². The van der Waals surface area contributed by atoms with E-state index in [9.17, 15) is 8.78 Å². The van der Waals surface area contributed by atoms with Crippen molar-refractivity contribution in [1.29, 1.82) is 0 Å². The average Bonchev–Trinajstić information content (AvgIpc) is 2.10. The smallest absolute Gasteiger partial charge is 0.160 e. The Bertz CT molecular complexity index is 315. The zero-order chi connectivity index (χ0) is 10.0. The van der Waals surface area contributed by atoms with Crippen LogP contribution in [0.2, 0.25) is 0 Å². The molecule has 0 saturated heterocycles. The van der Waals surface area contributed by atoms with Crippen molar-refractivity contribution in [3.63, 3.8) is 0 Å². The lowest BCUT2D eigenvalue weighted by atomic mass is 10.1. The Morgan fingerprint density at radius 2 is 1.77 bits per heavy atom. The third-order valence-electron chi connectivity index (χ3n) is 1.78. The molecule has 0 aliphatic heterocycles. The van der Waals surface area contributed by atoms with Crippen LogP contribution >= 0.6 is 0 Å². The number of halogens is 2. The van der Waals surface area contributed by atoms with Gasteiger partial charge in [0.05, 0.1) is 0 Å². The van der Waals surface area contributed by atoms with Crippen molar-refractivity contribution in [2.24, 2.45) is 11.5 Å². The zero-order valence-electron chi connectivity index (χ0n) is 6.93. The zero-order valence-corrected chi connectivity index (χ0v) is 6.93. The number of hydrogen-bond acceptors (Lipinski definition) is 3. The van der Waals surface area contributed by atoms with Crippen molar-refractivity contribution in [2.75, 3.05) is 12.3 Å². The van der Waals surface area contributed by atoms with Gasteiger partial charge in [0.15, 0.2) is 11.6 Å². The van der Waals surface area contributed by atoms with Gasteiger partial charge < -0.3 is 17.2 Å². The van der Waals surface area contributed by atoms with Crippen LogP contribution in [0.25, 0.3) is 0 Å². The fraction of sp³-hybridized carbons (Fsp3) is 0.250. The fourth-order valence-electron chi connectivity index (χ4n) is 1.03. The summed E-state index contributed by atoms with van der Waals surface area (Å²) in [6.45, 7) is 0.134. The molecular weight excluding hydrogens is 176 g/mol. The molecule has 3 nitrogen and oxygen atoms in total. The Morgan fingerprint density at radius 1 is 1.23 bits per heavy atom. The molecule has 0 amide bonds. The van der Waals surface area contributed by atoms with E-state index in [1.165, 1.54) is 0 Å². The number of nitrogens with two attached hydrogens (primary N) is 3. The van der Waals surface area contributed by atoms with Crippen LogP contribution in [0, 0.1) is 11.6 Å². The molecule has 13 heavy (non-hydrogen) atoms. The standard InChI is InChI=1S/C8H11F2N3/c9-5-1-4(8(13)3-11)7(12)2-6(5)10/h1-2,8H,3,11-13H2. The van der Waals surface area contributed by atoms with Gasteiger partial charge in [-0.2, -0.15) is 0 Å². The molecule has 1 unspecified atom stereocenters. The van der Waals surface area contributed by atoms with Crippen LogP contribution in [0.1, 0.15) is 11.6 Å². The average molecular weight is 187 g/mol. The summed E-state index contributed by atoms with van der Waals surface area (Å²) in [7, 11) is 0. The molecule has 0 radical (unpaired) electrons. The summed E-state index contributed by atoms with van der Waals surface area (Å²) in [5, 5.41) is 0. The van der Waals surface area contributed by atoms with Gasteiger partial charge in [0, 0.05) is 24.3 Å². The molecule has 0 heterocycles. The molecule has 0 bridgehead atoms. The van der Waals surface area contributed by atoms with Crippen LogP contribution in [0.15, 0.2) is 12.1 Å². The van der Waals surface area contributed by atoms with E-state index < -0.39 is 17.7 Å². The van der Waals surface area contributed by atoms with Crippen LogP contribution < -0.4 is 17.2 Å². The first-order valence-corrected chi connectivity index (χ1v) is 3.76. The number of rotatable bonds is 2. The predicted molar refractivity (Wildman–Crippen MR) is 46.8 cm³/mol. The first-order chi connectivity index (χ1) is 6.06. The van der Waals surface area contributed by atoms with Gasteiger partial charge in [-0.1, -0.05) is 0 Å². The summed E-state index contributed by atoms with van der Waals surface area (Å²) in [6, 6.07) is 1.32. The second-order valence-electron chi connectivity index (χ2n) is 2.74. The Kier molecular flexibility index (Phi) is 2.79. The molecule has 6 N–H and O–H groups in total. The monoisotopic (exact) mass is 187 g/mol. The van der Waals surface area contributed by atoms with Crippen LogP contribution in [-0.4, -0.2) is 6.54 Å². The highest BCUT2D eigenvalue weighted by Gasteiger charge is 2.12. The van der Waals surface area contributed by atoms with Crippen molar-refractivity contribution in [3.05, 3.63) is 29.3 Å². The Morgan fingerprint density at radius 3 is 2.31 bits per heavy atom. The van der Waals surface area contributed by atoms with Gasteiger partial charge in [-0.15, -0.1) is 0 Å². The molecule has 0 aliphatic rings. The molecule has 1 atom stereocenters. The highest BCUT2D eigenvalue weighted by Crippen LogP contribution is 2.21. The van der Waals surface area contributed by atoms with Gasteiger partial charge in [-0.05, 0) is 11.6 Å². The van der Waals surface area contributed by atoms with Crippen LogP contribution in [0.4, 0.5) is 14.5 Å². The number of nitrogen functional groups attached to an aromatic ring is 1. The molecule has 72 valence electrons. The van der Waals surface area contributed by atoms with E-state index in [4.69, 9.17) is 17.2 Å². The van der Waals surface area contributed by atoms with Gasteiger partial charge in [0.25, 0.3) is 0 Å². The number of hydrogen-bond donors (Lipinski definition) is 3. The lowest BCUT2D eigenvalue weighted by Gasteiger charge is -2.12. The van der Waals surface area contributed by atoms with Gasteiger partial charge in [0.2, 0.25) is 0 Å². The third-order valence-corrected chi connectivity index (χ3v) is 1.78. The Hall–Kier alpha value is -1.20. The molecule has 0 aromatic heterocycles. The quantitative estimate of drug-likeness (QED) is 0.590. The predicted octanol–water partition coefficient (Wildman–Crippen LogP) is 0.506. The maximum absolute atomic E-state index is 12.7. The molecule has 1 rings (SSSR count). The lowest BCUT2D eigenvalue weighted by molar-refractivity contribution is 0.506. The van der Waals surface area contributed by atoms with E-state index in [0.717, 1.165) is 12.1 Å². The molecule has 5 heteroatoms. The molecule has 0 fully saturated rings. The maximum Gasteiger partial charge on any atom is 0.160 e. The van der Waals surface area contributed by atoms with E-state index in [2.05, 4.69) is 0 Å². The van der Waals surface area contributed by atoms with Crippen molar-refractivity contribution in [2.45, 2.75) is 6.04 Å². The van der Waals surface area contributed by atoms with Crippen molar-refractivity contribution in [1.82, 2.24) is 0 Å².